The van der Waals surface area contributed by atoms with Gasteiger partial charge in [0.2, 0.25) is 5.91 Å². The Balaban J connectivity index is 1.60. The smallest absolute Gasteiger partial charge is 0.222 e. The number of hydrogen-bond donors (Lipinski definition) is 3. The van der Waals surface area contributed by atoms with Crippen molar-refractivity contribution in [2.75, 3.05) is 19.7 Å². The molecule has 8 nitrogen and oxygen atoms in total. The van der Waals surface area contributed by atoms with Crippen LogP contribution in [-0.2, 0) is 20.8 Å². The largest absolute Gasteiger partial charge is 0.507 e. The maximum absolute atomic E-state index is 11.8. The number of phenols is 2. The summed E-state index contributed by atoms with van der Waals surface area (Å²) in [5.74, 6) is -0.234. The summed E-state index contributed by atoms with van der Waals surface area (Å²) < 4.78 is 5.70. The minimum atomic E-state index is -0.980. The zero-order valence-electron chi connectivity index (χ0n) is 19.2. The zero-order valence-corrected chi connectivity index (χ0v) is 19.9. The number of carbonyl (C=O) groups is 1. The van der Waals surface area contributed by atoms with Gasteiger partial charge in [0, 0.05) is 31.0 Å². The van der Waals surface area contributed by atoms with E-state index in [1.165, 1.54) is 0 Å². The van der Waals surface area contributed by atoms with E-state index in [0.29, 0.717) is 30.7 Å². The van der Waals surface area contributed by atoms with E-state index in [1.807, 2.05) is 25.2 Å². The molecule has 4 atom stereocenters. The Hall–Kier alpha value is -2.55. The fourth-order valence-corrected chi connectivity index (χ4v) is 4.84. The number of epoxide rings is 1. The van der Waals surface area contributed by atoms with Gasteiger partial charge in [0.25, 0.3) is 0 Å². The second kappa shape index (κ2) is 10.8. The average molecular weight is 491 g/mol. The number of allylic oxidation sites excluding steroid dienone is 3. The van der Waals surface area contributed by atoms with Crippen LogP contribution in [0.1, 0.15) is 49.8 Å². The number of aliphatic hydroxyl groups excluding tert-OH is 1. The molecule has 1 aliphatic carbocycles. The molecular weight excluding hydrogens is 460 g/mol. The third-order valence-electron chi connectivity index (χ3n) is 6.44. The van der Waals surface area contributed by atoms with Crippen molar-refractivity contribution in [3.05, 3.63) is 46.5 Å². The predicted octanol–water partition coefficient (Wildman–Crippen LogP) is 3.63. The Morgan fingerprint density at radius 1 is 1.26 bits per heavy atom. The molecule has 184 valence electrons. The maximum atomic E-state index is 11.8. The number of nitrogens with zero attached hydrogens (tertiary/aromatic N) is 2. The van der Waals surface area contributed by atoms with Gasteiger partial charge in [-0.25, -0.2) is 0 Å². The highest BCUT2D eigenvalue weighted by atomic mass is 35.5. The number of halogens is 1. The van der Waals surface area contributed by atoms with Crippen molar-refractivity contribution < 1.29 is 29.7 Å². The lowest BCUT2D eigenvalue weighted by Crippen LogP contribution is -2.28. The van der Waals surface area contributed by atoms with Gasteiger partial charge in [-0.05, 0) is 36.8 Å². The Morgan fingerprint density at radius 2 is 2.09 bits per heavy atom. The lowest BCUT2D eigenvalue weighted by molar-refractivity contribution is -0.128. The topological polar surface area (TPSA) is 115 Å². The molecular formula is C25H31ClN2O6. The van der Waals surface area contributed by atoms with Crippen molar-refractivity contribution in [3.63, 3.8) is 0 Å². The molecule has 3 aliphatic rings. The molecule has 1 aromatic rings. The van der Waals surface area contributed by atoms with Crippen LogP contribution in [0.25, 0.3) is 0 Å². The minimum Gasteiger partial charge on any atom is -0.507 e. The summed E-state index contributed by atoms with van der Waals surface area (Å²) in [6, 6.07) is 1.15. The van der Waals surface area contributed by atoms with Gasteiger partial charge in [0.05, 0.1) is 29.5 Å². The number of rotatable bonds is 4. The molecule has 1 unspecified atom stereocenters. The van der Waals surface area contributed by atoms with E-state index in [2.05, 4.69) is 5.16 Å². The van der Waals surface area contributed by atoms with Crippen LogP contribution in [0.15, 0.2) is 35.5 Å². The molecule has 0 spiro atoms. The number of hydrogen-bond acceptors (Lipinski definition) is 7. The summed E-state index contributed by atoms with van der Waals surface area (Å²) >= 11 is 6.42. The van der Waals surface area contributed by atoms with Gasteiger partial charge in [-0.3, -0.25) is 4.79 Å². The number of likely N-dealkylation sites (tertiary alicyclic amines) is 1. The van der Waals surface area contributed by atoms with Crippen LogP contribution in [0.5, 0.6) is 11.5 Å². The Morgan fingerprint density at radius 3 is 2.85 bits per heavy atom. The summed E-state index contributed by atoms with van der Waals surface area (Å²) in [7, 11) is 0. The monoisotopic (exact) mass is 490 g/mol. The Kier molecular flexibility index (Phi) is 7.80. The molecule has 3 N–H and O–H groups in total. The molecule has 9 heteroatoms. The quantitative estimate of drug-likeness (QED) is 0.337. The van der Waals surface area contributed by atoms with E-state index in [-0.39, 0.29) is 59.1 Å². The molecule has 34 heavy (non-hydrogen) atoms. The van der Waals surface area contributed by atoms with Crippen LogP contribution in [0.3, 0.4) is 0 Å². The third kappa shape index (κ3) is 5.92. The Bertz CT molecular complexity index is 1010. The van der Waals surface area contributed by atoms with Crippen LogP contribution in [0.4, 0.5) is 0 Å². The first-order valence-corrected chi connectivity index (χ1v) is 12.1. The lowest BCUT2D eigenvalue weighted by atomic mass is 9.89. The van der Waals surface area contributed by atoms with Crippen LogP contribution < -0.4 is 0 Å². The first-order chi connectivity index (χ1) is 16.3. The van der Waals surface area contributed by atoms with Gasteiger partial charge >= 0.3 is 0 Å². The van der Waals surface area contributed by atoms with E-state index in [1.54, 1.807) is 11.0 Å². The van der Waals surface area contributed by atoms with E-state index < -0.39 is 6.10 Å². The molecule has 0 radical (unpaired) electrons. The summed E-state index contributed by atoms with van der Waals surface area (Å²) in [6.07, 6.45) is 9.34. The van der Waals surface area contributed by atoms with E-state index in [0.717, 1.165) is 25.5 Å². The Labute approximate surface area is 204 Å². The second-order valence-electron chi connectivity index (χ2n) is 9.17. The second-order valence-corrected chi connectivity index (χ2v) is 9.55. The fourth-order valence-electron chi connectivity index (χ4n) is 4.61. The average Bonchev–Trinajstić information content (AvgIpc) is 3.38. The first-order valence-electron chi connectivity index (χ1n) is 11.7. The number of oxime groups is 1. The van der Waals surface area contributed by atoms with Crippen molar-refractivity contribution in [1.29, 1.82) is 0 Å². The highest BCUT2D eigenvalue weighted by Crippen LogP contribution is 2.42. The number of aliphatic hydroxyl groups is 1. The molecule has 0 saturated carbocycles. The van der Waals surface area contributed by atoms with Crippen LogP contribution >= 0.6 is 11.6 Å². The lowest BCUT2D eigenvalue weighted by Gasteiger charge is -2.22. The predicted molar refractivity (Wildman–Crippen MR) is 128 cm³/mol. The molecule has 2 saturated heterocycles. The summed E-state index contributed by atoms with van der Waals surface area (Å²) in [6.45, 7) is 3.45. The molecule has 0 bridgehead atoms. The molecule has 2 fully saturated rings. The molecule has 1 amide bonds. The first kappa shape index (κ1) is 24.6. The van der Waals surface area contributed by atoms with Crippen molar-refractivity contribution in [2.45, 2.75) is 57.3 Å². The molecule has 2 heterocycles. The maximum Gasteiger partial charge on any atom is 0.222 e. The van der Waals surface area contributed by atoms with E-state index in [4.69, 9.17) is 21.2 Å². The van der Waals surface area contributed by atoms with Gasteiger partial charge in [-0.1, -0.05) is 41.9 Å². The van der Waals surface area contributed by atoms with Gasteiger partial charge < -0.3 is 29.8 Å². The molecule has 2 aliphatic heterocycles. The van der Waals surface area contributed by atoms with Crippen LogP contribution in [0, 0.1) is 5.92 Å². The molecule has 1 aromatic carbocycles. The molecule has 0 aromatic heterocycles. The van der Waals surface area contributed by atoms with Gasteiger partial charge in [-0.15, -0.1) is 0 Å². The van der Waals surface area contributed by atoms with Crippen molar-refractivity contribution >= 4 is 23.2 Å². The minimum absolute atomic E-state index is 0.0499. The van der Waals surface area contributed by atoms with Gasteiger partial charge in [0.15, 0.2) is 0 Å². The number of benzene rings is 1. The van der Waals surface area contributed by atoms with Crippen molar-refractivity contribution in [1.82, 2.24) is 4.90 Å². The highest BCUT2D eigenvalue weighted by Gasteiger charge is 2.37. The van der Waals surface area contributed by atoms with E-state index in [9.17, 15) is 20.1 Å². The standard InChI is InChI=1S/C25H31ClN2O6/c1-15-11-18(29)24-17(25(26)20(31)14-19(24)30)13-16(5-2-3-6-21-22(12-15)34-21)27-33-10-9-28-8-4-7-23(28)32/h2-3,5-6,14-15,18,21-22,29-31H,4,7-13H2,1H3/b5-2+,6-3-,27-16-/t15-,18?,21-,22-/m0/s1. The number of aromatic hydroxyl groups is 2. The number of amides is 1. The third-order valence-corrected chi connectivity index (χ3v) is 6.87. The van der Waals surface area contributed by atoms with Crippen molar-refractivity contribution in [3.8, 4) is 11.5 Å². The van der Waals surface area contributed by atoms with Crippen LogP contribution in [-0.4, -0.2) is 63.7 Å². The van der Waals surface area contributed by atoms with Crippen LogP contribution in [0.2, 0.25) is 5.02 Å². The SMILES string of the molecule is C[C@H]1CC(O)c2c(O)cc(O)c(Cl)c2CC(=N\OCCN2CCCC2=O)/C=C/C=C\[C@@H]2O[C@H]2C1. The summed E-state index contributed by atoms with van der Waals surface area (Å²) in [5, 5.41) is 36.1. The number of phenolic OH excluding ortho intramolecular Hbond substituents is 2. The normalized spacial score (nSPS) is 30.4. The number of carbonyl (C=O) groups excluding carboxylic acids is 1. The fraction of sp³-hybridized carbons (Fsp3) is 0.520. The zero-order chi connectivity index (χ0) is 24.2. The van der Waals surface area contributed by atoms with Gasteiger partial charge in [-0.2, -0.15) is 0 Å². The summed E-state index contributed by atoms with van der Waals surface area (Å²) in [5.41, 5.74) is 1.15. The van der Waals surface area contributed by atoms with E-state index >= 15 is 0 Å². The number of ether oxygens (including phenoxy) is 1. The molecule has 4 rings (SSSR count). The summed E-state index contributed by atoms with van der Waals surface area (Å²) in [4.78, 5) is 19.0. The van der Waals surface area contributed by atoms with Crippen molar-refractivity contribution in [2.24, 2.45) is 11.1 Å². The number of fused-ring (bicyclic) bond motifs is 2. The highest BCUT2D eigenvalue weighted by molar-refractivity contribution is 6.33. The van der Waals surface area contributed by atoms with Gasteiger partial charge in [0.1, 0.15) is 24.2 Å².